The van der Waals surface area contributed by atoms with Gasteiger partial charge in [-0.05, 0) is 26.7 Å². The first-order valence-corrected chi connectivity index (χ1v) is 6.88. The van der Waals surface area contributed by atoms with Crippen LogP contribution in [0.25, 0.3) is 0 Å². The Morgan fingerprint density at radius 2 is 1.86 bits per heavy atom. The summed E-state index contributed by atoms with van der Waals surface area (Å²) in [6.45, 7) is 5.40. The highest BCUT2D eigenvalue weighted by molar-refractivity contribution is 5.49. The molecule has 0 spiro atoms. The monoisotopic (exact) mass is 304 g/mol. The van der Waals surface area contributed by atoms with Gasteiger partial charge in [0.1, 0.15) is 11.6 Å². The van der Waals surface area contributed by atoms with Crippen LogP contribution < -0.4 is 10.6 Å². The Morgan fingerprint density at radius 1 is 1.24 bits per heavy atom. The van der Waals surface area contributed by atoms with Gasteiger partial charge in [-0.2, -0.15) is 13.2 Å². The Labute approximate surface area is 121 Å². The molecule has 2 heterocycles. The lowest BCUT2D eigenvalue weighted by Gasteiger charge is -2.35. The Bertz CT molecular complexity index is 487. The molecule has 1 aromatic heterocycles. The molecule has 21 heavy (non-hydrogen) atoms. The minimum absolute atomic E-state index is 0.165. The number of nitrogens with zero attached hydrogens (tertiary/aromatic N) is 2. The van der Waals surface area contributed by atoms with Crippen LogP contribution in [-0.4, -0.2) is 35.3 Å². The maximum absolute atomic E-state index is 12.9. The minimum atomic E-state index is -4.57. The van der Waals surface area contributed by atoms with E-state index in [9.17, 15) is 13.2 Å². The first-order valence-electron chi connectivity index (χ1n) is 6.88. The van der Waals surface area contributed by atoms with E-state index in [1.807, 2.05) is 6.92 Å². The normalized spacial score (nSPS) is 18.3. The lowest BCUT2D eigenvalue weighted by atomic mass is 9.92. The van der Waals surface area contributed by atoms with Crippen molar-refractivity contribution in [1.82, 2.24) is 9.97 Å². The Balaban J connectivity index is 2.27. The third-order valence-electron chi connectivity index (χ3n) is 3.36. The van der Waals surface area contributed by atoms with Crippen LogP contribution in [0.15, 0.2) is 6.07 Å². The van der Waals surface area contributed by atoms with E-state index in [2.05, 4.69) is 20.6 Å². The molecule has 0 unspecified atom stereocenters. The van der Waals surface area contributed by atoms with E-state index in [1.54, 1.807) is 6.92 Å². The van der Waals surface area contributed by atoms with E-state index in [-0.39, 0.29) is 17.2 Å². The van der Waals surface area contributed by atoms with E-state index < -0.39 is 12.0 Å². The first-order chi connectivity index (χ1) is 9.82. The first kappa shape index (κ1) is 15.8. The summed E-state index contributed by atoms with van der Waals surface area (Å²) < 4.78 is 43.9. The Morgan fingerprint density at radius 3 is 2.43 bits per heavy atom. The van der Waals surface area contributed by atoms with E-state index in [0.717, 1.165) is 12.8 Å². The number of hydrogen-bond acceptors (Lipinski definition) is 5. The summed E-state index contributed by atoms with van der Waals surface area (Å²) >= 11 is 0. The van der Waals surface area contributed by atoms with Crippen LogP contribution in [0.1, 0.15) is 32.5 Å². The SMILES string of the molecule is CCNc1cc(NC2(C)CCOCC2)nc(C(F)(F)F)n1. The van der Waals surface area contributed by atoms with Crippen LogP contribution in [-0.2, 0) is 10.9 Å². The van der Waals surface area contributed by atoms with Crippen LogP contribution in [0, 0.1) is 0 Å². The molecule has 1 fully saturated rings. The Hall–Kier alpha value is -1.57. The third-order valence-corrected chi connectivity index (χ3v) is 3.36. The van der Waals surface area contributed by atoms with Gasteiger partial charge in [-0.3, -0.25) is 0 Å². The van der Waals surface area contributed by atoms with Crippen molar-refractivity contribution in [2.45, 2.75) is 38.4 Å². The number of aromatic nitrogens is 2. The van der Waals surface area contributed by atoms with Gasteiger partial charge in [-0.25, -0.2) is 9.97 Å². The molecule has 1 aromatic rings. The predicted octanol–water partition coefficient (Wildman–Crippen LogP) is 2.91. The van der Waals surface area contributed by atoms with E-state index in [4.69, 9.17) is 4.74 Å². The molecular weight excluding hydrogens is 285 g/mol. The molecule has 5 nitrogen and oxygen atoms in total. The maximum atomic E-state index is 12.9. The molecule has 1 aliphatic rings. The van der Waals surface area contributed by atoms with Crippen LogP contribution in [0.5, 0.6) is 0 Å². The molecule has 1 saturated heterocycles. The average molecular weight is 304 g/mol. The van der Waals surface area contributed by atoms with Crippen molar-refractivity contribution in [3.05, 3.63) is 11.9 Å². The number of ether oxygens (including phenoxy) is 1. The van der Waals surface area contributed by atoms with Crippen molar-refractivity contribution < 1.29 is 17.9 Å². The summed E-state index contributed by atoms with van der Waals surface area (Å²) in [6, 6.07) is 1.50. The van der Waals surface area contributed by atoms with E-state index >= 15 is 0 Å². The maximum Gasteiger partial charge on any atom is 0.451 e. The molecule has 2 rings (SSSR count). The van der Waals surface area contributed by atoms with Gasteiger partial charge in [0.15, 0.2) is 0 Å². The molecule has 0 aliphatic carbocycles. The fraction of sp³-hybridized carbons (Fsp3) is 0.692. The topological polar surface area (TPSA) is 59.1 Å². The van der Waals surface area contributed by atoms with Gasteiger partial charge in [0.25, 0.3) is 0 Å². The van der Waals surface area contributed by atoms with Crippen molar-refractivity contribution in [1.29, 1.82) is 0 Å². The number of alkyl halides is 3. The molecular formula is C13H19F3N4O. The quantitative estimate of drug-likeness (QED) is 0.895. The summed E-state index contributed by atoms with van der Waals surface area (Å²) in [5, 5.41) is 5.89. The summed E-state index contributed by atoms with van der Waals surface area (Å²) in [5.41, 5.74) is -0.320. The standard InChI is InChI=1S/C13H19F3N4O/c1-3-17-9-8-10(19-11(18-9)13(14,15)16)20-12(2)4-6-21-7-5-12/h8H,3-7H2,1-2H3,(H2,17,18,19,20). The second-order valence-electron chi connectivity index (χ2n) is 5.29. The van der Waals surface area contributed by atoms with Gasteiger partial charge in [-0.1, -0.05) is 0 Å². The molecule has 0 amide bonds. The molecule has 0 saturated carbocycles. The van der Waals surface area contributed by atoms with Gasteiger partial charge in [0.05, 0.1) is 0 Å². The molecule has 0 atom stereocenters. The van der Waals surface area contributed by atoms with Crippen molar-refractivity contribution >= 4 is 11.6 Å². The number of nitrogens with one attached hydrogen (secondary N) is 2. The van der Waals surface area contributed by atoms with Gasteiger partial charge >= 0.3 is 6.18 Å². The van der Waals surface area contributed by atoms with E-state index in [1.165, 1.54) is 6.07 Å². The highest BCUT2D eigenvalue weighted by Crippen LogP contribution is 2.30. The predicted molar refractivity (Wildman–Crippen MR) is 73.3 cm³/mol. The highest BCUT2D eigenvalue weighted by atomic mass is 19.4. The van der Waals surface area contributed by atoms with Gasteiger partial charge in [-0.15, -0.1) is 0 Å². The molecule has 118 valence electrons. The zero-order valence-electron chi connectivity index (χ0n) is 12.0. The lowest BCUT2D eigenvalue weighted by Crippen LogP contribution is -2.41. The third kappa shape index (κ3) is 4.20. The summed E-state index contributed by atoms with van der Waals surface area (Å²) in [5.74, 6) is -0.797. The second kappa shape index (κ2) is 6.05. The van der Waals surface area contributed by atoms with Crippen LogP contribution >= 0.6 is 0 Å². The van der Waals surface area contributed by atoms with Gasteiger partial charge in [0, 0.05) is 31.4 Å². The molecule has 8 heteroatoms. The highest BCUT2D eigenvalue weighted by Gasteiger charge is 2.36. The van der Waals surface area contributed by atoms with Crippen molar-refractivity contribution in [3.63, 3.8) is 0 Å². The zero-order valence-corrected chi connectivity index (χ0v) is 12.0. The Kier molecular flexibility index (Phi) is 4.55. The van der Waals surface area contributed by atoms with Crippen molar-refractivity contribution in [3.8, 4) is 0 Å². The average Bonchev–Trinajstić information content (AvgIpc) is 2.38. The molecule has 0 bridgehead atoms. The smallest absolute Gasteiger partial charge is 0.381 e. The lowest BCUT2D eigenvalue weighted by molar-refractivity contribution is -0.144. The molecule has 0 radical (unpaired) electrons. The van der Waals surface area contributed by atoms with Crippen LogP contribution in [0.2, 0.25) is 0 Å². The summed E-state index contributed by atoms with van der Waals surface area (Å²) in [7, 11) is 0. The fourth-order valence-electron chi connectivity index (χ4n) is 2.17. The molecule has 1 aliphatic heterocycles. The van der Waals surface area contributed by atoms with Crippen molar-refractivity contribution in [2.75, 3.05) is 30.4 Å². The fourth-order valence-corrected chi connectivity index (χ4v) is 2.17. The van der Waals surface area contributed by atoms with Crippen LogP contribution in [0.3, 0.4) is 0 Å². The van der Waals surface area contributed by atoms with Gasteiger partial charge < -0.3 is 15.4 Å². The number of halogens is 3. The molecule has 2 N–H and O–H groups in total. The minimum Gasteiger partial charge on any atom is -0.381 e. The van der Waals surface area contributed by atoms with E-state index in [0.29, 0.717) is 19.8 Å². The van der Waals surface area contributed by atoms with Crippen LogP contribution in [0.4, 0.5) is 24.8 Å². The van der Waals surface area contributed by atoms with Gasteiger partial charge in [0.2, 0.25) is 5.82 Å². The number of hydrogen-bond donors (Lipinski definition) is 2. The second-order valence-corrected chi connectivity index (χ2v) is 5.29. The van der Waals surface area contributed by atoms with Crippen molar-refractivity contribution in [2.24, 2.45) is 0 Å². The summed E-state index contributed by atoms with van der Waals surface area (Å²) in [6.07, 6.45) is -3.14. The number of rotatable bonds is 4. The largest absolute Gasteiger partial charge is 0.451 e. The summed E-state index contributed by atoms with van der Waals surface area (Å²) in [4.78, 5) is 7.10. The number of anilines is 2. The zero-order chi connectivity index (χ0) is 15.5. The molecule has 0 aromatic carbocycles.